The van der Waals surface area contributed by atoms with E-state index in [1.807, 2.05) is 37.3 Å². The molecule has 0 bridgehead atoms. The minimum atomic E-state index is -0.945. The van der Waals surface area contributed by atoms with Gasteiger partial charge in [-0.25, -0.2) is 4.98 Å². The number of rotatable bonds is 7. The van der Waals surface area contributed by atoms with E-state index in [1.165, 1.54) is 11.8 Å². The minimum absolute atomic E-state index is 0.0612. The van der Waals surface area contributed by atoms with E-state index < -0.39 is 17.7 Å². The molecule has 7 nitrogen and oxygen atoms in total. The van der Waals surface area contributed by atoms with Crippen molar-refractivity contribution in [2.45, 2.75) is 33.4 Å². The Bertz CT molecular complexity index is 1680. The summed E-state index contributed by atoms with van der Waals surface area (Å²) >= 11 is 4.51. The molecule has 1 amide bonds. The highest BCUT2D eigenvalue weighted by Crippen LogP contribution is 2.44. The lowest BCUT2D eigenvalue weighted by atomic mass is 9.95. The van der Waals surface area contributed by atoms with E-state index in [9.17, 15) is 19.5 Å². The van der Waals surface area contributed by atoms with E-state index >= 15 is 0 Å². The SMILES string of the molecule is CC(=O)c1sc(N2C(=O)C(=O)C(=C(O)c3ccc(OCc4ccccc4C)cc3)C2c2cccc(Br)c2)nc1C. The molecule has 1 aliphatic heterocycles. The van der Waals surface area contributed by atoms with Gasteiger partial charge in [-0.3, -0.25) is 19.3 Å². The van der Waals surface area contributed by atoms with Crippen LogP contribution >= 0.6 is 27.3 Å². The molecule has 0 aliphatic carbocycles. The number of anilines is 1. The molecule has 1 aliphatic rings. The van der Waals surface area contributed by atoms with Crippen LogP contribution in [0.25, 0.3) is 5.76 Å². The zero-order chi connectivity index (χ0) is 28.6. The fourth-order valence-electron chi connectivity index (χ4n) is 4.63. The number of thiazole rings is 1. The Morgan fingerprint density at radius 1 is 1.05 bits per heavy atom. The monoisotopic (exact) mass is 616 g/mol. The van der Waals surface area contributed by atoms with Gasteiger partial charge < -0.3 is 9.84 Å². The summed E-state index contributed by atoms with van der Waals surface area (Å²) in [6.07, 6.45) is 0. The van der Waals surface area contributed by atoms with Crippen molar-refractivity contribution in [2.24, 2.45) is 0 Å². The van der Waals surface area contributed by atoms with Crippen LogP contribution in [0.2, 0.25) is 0 Å². The van der Waals surface area contributed by atoms with Crippen LogP contribution < -0.4 is 9.64 Å². The van der Waals surface area contributed by atoms with E-state index in [0.29, 0.717) is 34.1 Å². The van der Waals surface area contributed by atoms with Crippen LogP contribution in [0.4, 0.5) is 5.13 Å². The molecule has 1 unspecified atom stereocenters. The fraction of sp³-hybridized carbons (Fsp3) is 0.161. The summed E-state index contributed by atoms with van der Waals surface area (Å²) in [5, 5.41) is 11.6. The van der Waals surface area contributed by atoms with Gasteiger partial charge in [0.25, 0.3) is 5.78 Å². The van der Waals surface area contributed by atoms with Crippen LogP contribution in [0.3, 0.4) is 0 Å². The highest BCUT2D eigenvalue weighted by atomic mass is 79.9. The molecule has 1 saturated heterocycles. The normalized spacial score (nSPS) is 16.4. The molecule has 4 aromatic rings. The van der Waals surface area contributed by atoms with Gasteiger partial charge in [-0.2, -0.15) is 0 Å². The van der Waals surface area contributed by atoms with Gasteiger partial charge in [0.05, 0.1) is 22.2 Å². The Hall–Kier alpha value is -4.08. The number of aromatic nitrogens is 1. The van der Waals surface area contributed by atoms with Gasteiger partial charge in [0.15, 0.2) is 10.9 Å². The van der Waals surface area contributed by atoms with Gasteiger partial charge in [0.1, 0.15) is 18.1 Å². The van der Waals surface area contributed by atoms with Crippen molar-refractivity contribution in [1.82, 2.24) is 4.98 Å². The first-order chi connectivity index (χ1) is 19.2. The average molecular weight is 618 g/mol. The number of benzene rings is 3. The van der Waals surface area contributed by atoms with Crippen molar-refractivity contribution in [2.75, 3.05) is 4.90 Å². The van der Waals surface area contributed by atoms with Crippen molar-refractivity contribution in [1.29, 1.82) is 0 Å². The molecule has 202 valence electrons. The second-order valence-corrected chi connectivity index (χ2v) is 11.3. The maximum absolute atomic E-state index is 13.4. The summed E-state index contributed by atoms with van der Waals surface area (Å²) in [4.78, 5) is 45.0. The highest BCUT2D eigenvalue weighted by Gasteiger charge is 2.48. The number of halogens is 1. The number of carbonyl (C=O) groups is 3. The van der Waals surface area contributed by atoms with E-state index in [2.05, 4.69) is 20.9 Å². The number of Topliss-reactive ketones (excluding diaryl/α,β-unsaturated/α-hetero) is 2. The summed E-state index contributed by atoms with van der Waals surface area (Å²) in [7, 11) is 0. The number of amides is 1. The molecule has 1 N–H and O–H groups in total. The third kappa shape index (κ3) is 5.22. The Morgan fingerprint density at radius 3 is 2.42 bits per heavy atom. The molecule has 5 rings (SSSR count). The first kappa shape index (κ1) is 27.5. The lowest BCUT2D eigenvalue weighted by Crippen LogP contribution is -2.29. The van der Waals surface area contributed by atoms with Crippen LogP contribution in [-0.4, -0.2) is 27.6 Å². The molecule has 1 aromatic heterocycles. The largest absolute Gasteiger partial charge is 0.507 e. The van der Waals surface area contributed by atoms with Gasteiger partial charge in [-0.1, -0.05) is 63.7 Å². The number of aliphatic hydroxyl groups excluding tert-OH is 1. The van der Waals surface area contributed by atoms with Gasteiger partial charge in [0.2, 0.25) is 0 Å². The predicted octanol–water partition coefficient (Wildman–Crippen LogP) is 6.93. The number of nitrogens with zero attached hydrogens (tertiary/aromatic N) is 2. The van der Waals surface area contributed by atoms with Gasteiger partial charge in [-0.05, 0) is 66.9 Å². The van der Waals surface area contributed by atoms with Crippen molar-refractivity contribution in [3.63, 3.8) is 0 Å². The standard InChI is InChI=1S/C31H25BrN2O5S/c1-17-7-4-5-8-22(17)16-39-24-13-11-20(12-14-24)27(36)25-26(21-9-6-10-23(32)15-21)34(30(38)28(25)37)31-33-18(2)29(40-31)19(3)35/h4-15,26,36H,16H2,1-3H3. The number of ether oxygens (including phenoxy) is 1. The molecule has 9 heteroatoms. The second-order valence-electron chi connectivity index (χ2n) is 9.43. The molecule has 0 spiro atoms. The Morgan fingerprint density at radius 2 is 1.77 bits per heavy atom. The lowest BCUT2D eigenvalue weighted by Gasteiger charge is -2.23. The van der Waals surface area contributed by atoms with E-state index in [-0.39, 0.29) is 22.2 Å². The molecule has 40 heavy (non-hydrogen) atoms. The number of aryl methyl sites for hydroxylation is 2. The molecule has 1 fully saturated rings. The molecule has 1 atom stereocenters. The van der Waals surface area contributed by atoms with Crippen LogP contribution in [-0.2, 0) is 16.2 Å². The van der Waals surface area contributed by atoms with Crippen molar-refractivity contribution >= 4 is 55.6 Å². The van der Waals surface area contributed by atoms with Crippen molar-refractivity contribution in [3.8, 4) is 5.75 Å². The van der Waals surface area contributed by atoms with Crippen LogP contribution in [0.5, 0.6) is 5.75 Å². The maximum atomic E-state index is 13.4. The average Bonchev–Trinajstić information content (AvgIpc) is 3.45. The Labute approximate surface area is 243 Å². The zero-order valence-electron chi connectivity index (χ0n) is 22.0. The molecular formula is C31H25BrN2O5S. The number of hydrogen-bond acceptors (Lipinski definition) is 7. The predicted molar refractivity (Wildman–Crippen MR) is 158 cm³/mol. The number of carbonyl (C=O) groups excluding carboxylic acids is 3. The number of ketones is 2. The zero-order valence-corrected chi connectivity index (χ0v) is 24.4. The first-order valence-corrected chi connectivity index (χ1v) is 14.1. The first-order valence-electron chi connectivity index (χ1n) is 12.5. The van der Waals surface area contributed by atoms with Crippen LogP contribution in [0.1, 0.15) is 50.6 Å². The molecule has 0 radical (unpaired) electrons. The Balaban J connectivity index is 1.54. The van der Waals surface area contributed by atoms with Crippen molar-refractivity contribution in [3.05, 3.63) is 116 Å². The molecule has 3 aromatic carbocycles. The van der Waals surface area contributed by atoms with E-state index in [0.717, 1.165) is 26.9 Å². The second kappa shape index (κ2) is 11.2. The lowest BCUT2D eigenvalue weighted by molar-refractivity contribution is -0.132. The molecule has 0 saturated carbocycles. The van der Waals surface area contributed by atoms with E-state index in [4.69, 9.17) is 4.74 Å². The highest BCUT2D eigenvalue weighted by molar-refractivity contribution is 9.10. The molecule has 2 heterocycles. The van der Waals surface area contributed by atoms with Gasteiger partial charge in [0, 0.05) is 17.0 Å². The smallest absolute Gasteiger partial charge is 0.301 e. The number of aliphatic hydroxyl groups is 1. The maximum Gasteiger partial charge on any atom is 0.301 e. The van der Waals surface area contributed by atoms with Crippen molar-refractivity contribution < 1.29 is 24.2 Å². The van der Waals surface area contributed by atoms with Gasteiger partial charge >= 0.3 is 5.91 Å². The Kier molecular flexibility index (Phi) is 7.69. The van der Waals surface area contributed by atoms with Crippen LogP contribution in [0, 0.1) is 13.8 Å². The van der Waals surface area contributed by atoms with Gasteiger partial charge in [-0.15, -0.1) is 0 Å². The summed E-state index contributed by atoms with van der Waals surface area (Å²) in [5.41, 5.74) is 3.57. The number of hydrogen-bond donors (Lipinski definition) is 1. The summed E-state index contributed by atoms with van der Waals surface area (Å²) in [6.45, 7) is 5.52. The third-order valence-corrected chi connectivity index (χ3v) is 8.45. The summed E-state index contributed by atoms with van der Waals surface area (Å²) < 4.78 is 6.66. The van der Waals surface area contributed by atoms with E-state index in [1.54, 1.807) is 49.4 Å². The molecular weight excluding hydrogens is 592 g/mol. The summed E-state index contributed by atoms with van der Waals surface area (Å²) in [5.74, 6) is -1.55. The quantitative estimate of drug-likeness (QED) is 0.105. The third-order valence-electron chi connectivity index (χ3n) is 6.70. The topological polar surface area (TPSA) is 96.8 Å². The van der Waals surface area contributed by atoms with Crippen LogP contribution in [0.15, 0.2) is 82.8 Å². The fourth-order valence-corrected chi connectivity index (χ4v) is 6.04. The minimum Gasteiger partial charge on any atom is -0.507 e. The summed E-state index contributed by atoms with van der Waals surface area (Å²) in [6, 6.07) is 20.9.